The fraction of sp³-hybridized carbons (Fsp3) is 0.300. The lowest BCUT2D eigenvalue weighted by atomic mass is 9.88. The zero-order valence-electron chi connectivity index (χ0n) is 13.3. The summed E-state index contributed by atoms with van der Waals surface area (Å²) in [5, 5.41) is 0. The fourth-order valence-corrected chi connectivity index (χ4v) is 3.80. The first-order valence-electron chi connectivity index (χ1n) is 7.76. The minimum atomic E-state index is 0.575. The number of rotatable bonds is 3. The van der Waals surface area contributed by atoms with Crippen LogP contribution in [0.5, 0.6) is 5.75 Å². The molecule has 0 fully saturated rings. The van der Waals surface area contributed by atoms with Crippen molar-refractivity contribution in [2.24, 2.45) is 0 Å². The number of allylic oxidation sites excluding steroid dienone is 1. The van der Waals surface area contributed by atoms with Gasteiger partial charge in [-0.15, -0.1) is 0 Å². The van der Waals surface area contributed by atoms with Crippen molar-refractivity contribution in [3.63, 3.8) is 0 Å². The molecule has 114 valence electrons. The largest absolute Gasteiger partial charge is 0.497 e. The van der Waals surface area contributed by atoms with Gasteiger partial charge in [0.05, 0.1) is 7.11 Å². The number of hydrogen-bond acceptors (Lipinski definition) is 1. The maximum atomic E-state index is 5.33. The molecule has 0 N–H and O–H groups in total. The Kier molecular flexibility index (Phi) is 4.39. The SMILES string of the molecule is COc1ccc2c(c1)CCC(c1ccc(C(C)C)cc1)=C2Br. The highest BCUT2D eigenvalue weighted by atomic mass is 79.9. The zero-order valence-corrected chi connectivity index (χ0v) is 14.9. The molecule has 0 radical (unpaired) electrons. The molecule has 1 nitrogen and oxygen atoms in total. The highest BCUT2D eigenvalue weighted by molar-refractivity contribution is 9.15. The van der Waals surface area contributed by atoms with Crippen LogP contribution in [-0.2, 0) is 6.42 Å². The van der Waals surface area contributed by atoms with Gasteiger partial charge in [0.15, 0.2) is 0 Å². The molecular formula is C20H21BrO. The van der Waals surface area contributed by atoms with E-state index in [1.807, 2.05) is 6.07 Å². The number of fused-ring (bicyclic) bond motifs is 1. The molecular weight excluding hydrogens is 336 g/mol. The Morgan fingerprint density at radius 3 is 2.36 bits per heavy atom. The van der Waals surface area contributed by atoms with Crippen molar-refractivity contribution in [1.29, 1.82) is 0 Å². The van der Waals surface area contributed by atoms with E-state index in [2.05, 4.69) is 66.2 Å². The van der Waals surface area contributed by atoms with Crippen LogP contribution in [0, 0.1) is 0 Å². The standard InChI is InChI=1S/C20H21BrO/c1-13(2)14-4-6-15(7-5-14)18-10-8-16-12-17(22-3)9-11-19(16)20(18)21/h4-7,9,11-13H,8,10H2,1-3H3. The molecule has 0 saturated carbocycles. The predicted octanol–water partition coefficient (Wildman–Crippen LogP) is 6.03. The summed E-state index contributed by atoms with van der Waals surface area (Å²) >= 11 is 3.82. The summed E-state index contributed by atoms with van der Waals surface area (Å²) < 4.78 is 6.55. The lowest BCUT2D eigenvalue weighted by molar-refractivity contribution is 0.414. The second-order valence-electron chi connectivity index (χ2n) is 6.09. The first kappa shape index (κ1) is 15.4. The van der Waals surface area contributed by atoms with Crippen LogP contribution >= 0.6 is 15.9 Å². The van der Waals surface area contributed by atoms with Gasteiger partial charge in [-0.1, -0.05) is 38.1 Å². The summed E-state index contributed by atoms with van der Waals surface area (Å²) in [6.45, 7) is 4.46. The summed E-state index contributed by atoms with van der Waals surface area (Å²) in [6, 6.07) is 15.3. The van der Waals surface area contributed by atoms with Gasteiger partial charge in [0.25, 0.3) is 0 Å². The second-order valence-corrected chi connectivity index (χ2v) is 6.89. The van der Waals surface area contributed by atoms with E-state index in [9.17, 15) is 0 Å². The molecule has 0 heterocycles. The van der Waals surface area contributed by atoms with Crippen molar-refractivity contribution in [2.45, 2.75) is 32.6 Å². The van der Waals surface area contributed by atoms with E-state index in [1.54, 1.807) is 7.11 Å². The van der Waals surface area contributed by atoms with Crippen LogP contribution in [0.1, 0.15) is 48.4 Å². The molecule has 0 bridgehead atoms. The number of halogens is 1. The average molecular weight is 357 g/mol. The highest BCUT2D eigenvalue weighted by Gasteiger charge is 2.19. The molecule has 0 aliphatic heterocycles. The van der Waals surface area contributed by atoms with Gasteiger partial charge in [-0.3, -0.25) is 0 Å². The Balaban J connectivity index is 2.00. The third kappa shape index (κ3) is 2.85. The van der Waals surface area contributed by atoms with E-state index in [0.717, 1.165) is 18.6 Å². The monoisotopic (exact) mass is 356 g/mol. The molecule has 2 heteroatoms. The summed E-state index contributed by atoms with van der Waals surface area (Å²) in [7, 11) is 1.72. The first-order chi connectivity index (χ1) is 10.6. The number of benzene rings is 2. The topological polar surface area (TPSA) is 9.23 Å². The molecule has 1 aliphatic rings. The molecule has 0 unspecified atom stereocenters. The maximum Gasteiger partial charge on any atom is 0.119 e. The van der Waals surface area contributed by atoms with E-state index in [4.69, 9.17) is 4.74 Å². The van der Waals surface area contributed by atoms with Crippen LogP contribution in [-0.4, -0.2) is 7.11 Å². The zero-order chi connectivity index (χ0) is 15.7. The van der Waals surface area contributed by atoms with Crippen molar-refractivity contribution >= 4 is 26.0 Å². The Hall–Kier alpha value is -1.54. The smallest absolute Gasteiger partial charge is 0.119 e. The van der Waals surface area contributed by atoms with Gasteiger partial charge < -0.3 is 4.74 Å². The van der Waals surface area contributed by atoms with E-state index in [-0.39, 0.29) is 0 Å². The van der Waals surface area contributed by atoms with Gasteiger partial charge in [-0.2, -0.15) is 0 Å². The van der Waals surface area contributed by atoms with Crippen LogP contribution in [0.4, 0.5) is 0 Å². The summed E-state index contributed by atoms with van der Waals surface area (Å²) in [6.07, 6.45) is 2.12. The normalized spacial score (nSPS) is 14.2. The highest BCUT2D eigenvalue weighted by Crippen LogP contribution is 2.41. The van der Waals surface area contributed by atoms with Gasteiger partial charge in [0.2, 0.25) is 0 Å². The molecule has 2 aromatic carbocycles. The van der Waals surface area contributed by atoms with Gasteiger partial charge in [-0.05, 0) is 80.7 Å². The predicted molar refractivity (Wildman–Crippen MR) is 97.6 cm³/mol. The van der Waals surface area contributed by atoms with Gasteiger partial charge >= 0.3 is 0 Å². The molecule has 0 saturated heterocycles. The third-order valence-electron chi connectivity index (χ3n) is 4.38. The molecule has 0 amide bonds. The molecule has 1 aliphatic carbocycles. The van der Waals surface area contributed by atoms with Crippen molar-refractivity contribution in [1.82, 2.24) is 0 Å². The van der Waals surface area contributed by atoms with Crippen LogP contribution in [0.15, 0.2) is 42.5 Å². The first-order valence-corrected chi connectivity index (χ1v) is 8.55. The van der Waals surface area contributed by atoms with Crippen molar-refractivity contribution in [3.8, 4) is 5.75 Å². The van der Waals surface area contributed by atoms with Crippen LogP contribution in [0.25, 0.3) is 10.1 Å². The quantitative estimate of drug-likeness (QED) is 0.652. The summed E-state index contributed by atoms with van der Waals surface area (Å²) in [4.78, 5) is 0. The van der Waals surface area contributed by atoms with Crippen molar-refractivity contribution in [2.75, 3.05) is 7.11 Å². The molecule has 22 heavy (non-hydrogen) atoms. The van der Waals surface area contributed by atoms with Crippen molar-refractivity contribution in [3.05, 3.63) is 64.7 Å². The Labute approximate surface area is 141 Å². The molecule has 2 aromatic rings. The molecule has 0 aromatic heterocycles. The average Bonchev–Trinajstić information content (AvgIpc) is 2.55. The molecule has 3 rings (SSSR count). The van der Waals surface area contributed by atoms with Crippen LogP contribution < -0.4 is 4.74 Å². The summed E-state index contributed by atoms with van der Waals surface area (Å²) in [5.41, 5.74) is 6.75. The van der Waals surface area contributed by atoms with Gasteiger partial charge in [0, 0.05) is 4.48 Å². The Bertz CT molecular complexity index is 711. The van der Waals surface area contributed by atoms with Crippen LogP contribution in [0.2, 0.25) is 0 Å². The lowest BCUT2D eigenvalue weighted by Gasteiger charge is -2.21. The minimum absolute atomic E-state index is 0.575. The Morgan fingerprint density at radius 1 is 1.00 bits per heavy atom. The Morgan fingerprint density at radius 2 is 1.73 bits per heavy atom. The van der Waals surface area contributed by atoms with Gasteiger partial charge in [-0.25, -0.2) is 0 Å². The number of hydrogen-bond donors (Lipinski definition) is 0. The van der Waals surface area contributed by atoms with Gasteiger partial charge in [0.1, 0.15) is 5.75 Å². The number of methoxy groups -OCH3 is 1. The van der Waals surface area contributed by atoms with E-state index in [1.165, 1.54) is 32.3 Å². The molecule has 0 spiro atoms. The van der Waals surface area contributed by atoms with Crippen LogP contribution in [0.3, 0.4) is 0 Å². The molecule has 0 atom stereocenters. The van der Waals surface area contributed by atoms with E-state index >= 15 is 0 Å². The van der Waals surface area contributed by atoms with E-state index < -0.39 is 0 Å². The second kappa shape index (κ2) is 6.29. The maximum absolute atomic E-state index is 5.33. The fourth-order valence-electron chi connectivity index (χ4n) is 2.99. The lowest BCUT2D eigenvalue weighted by Crippen LogP contribution is -2.02. The van der Waals surface area contributed by atoms with E-state index in [0.29, 0.717) is 5.92 Å². The minimum Gasteiger partial charge on any atom is -0.497 e. The summed E-state index contributed by atoms with van der Waals surface area (Å²) in [5.74, 6) is 1.51. The number of ether oxygens (including phenoxy) is 1. The third-order valence-corrected chi connectivity index (χ3v) is 5.29. The van der Waals surface area contributed by atoms with Crippen molar-refractivity contribution < 1.29 is 4.74 Å². The number of aryl methyl sites for hydroxylation is 1.